The quantitative estimate of drug-likeness (QED) is 0.913. The highest BCUT2D eigenvalue weighted by molar-refractivity contribution is 5.42. The summed E-state index contributed by atoms with van der Waals surface area (Å²) < 4.78 is 40.4. The Labute approximate surface area is 102 Å². The number of nitrogens with one attached hydrogen (secondary N) is 1. The Morgan fingerprint density at radius 2 is 2.11 bits per heavy atom. The van der Waals surface area contributed by atoms with Gasteiger partial charge in [-0.3, -0.25) is 0 Å². The second kappa shape index (κ2) is 4.81. The molecule has 0 aliphatic rings. The molecule has 0 aliphatic heterocycles. The minimum atomic E-state index is -4.36. The molecule has 0 fully saturated rings. The van der Waals surface area contributed by atoms with E-state index >= 15 is 0 Å². The molecule has 1 aromatic heterocycles. The zero-order chi connectivity index (χ0) is 13.2. The number of alkyl halides is 3. The average molecular weight is 255 g/mol. The molecule has 0 atom stereocenters. The summed E-state index contributed by atoms with van der Waals surface area (Å²) in [6.07, 6.45) is 0.234. The van der Waals surface area contributed by atoms with Gasteiger partial charge >= 0.3 is 6.18 Å². The van der Waals surface area contributed by atoms with Crippen LogP contribution in [0.5, 0.6) is 0 Å². The normalized spacial score (nSPS) is 11.8. The van der Waals surface area contributed by atoms with Crippen LogP contribution in [0, 0.1) is 0 Å². The van der Waals surface area contributed by atoms with E-state index in [2.05, 4.69) is 10.3 Å². The van der Waals surface area contributed by atoms with E-state index < -0.39 is 11.7 Å². The predicted octanol–water partition coefficient (Wildman–Crippen LogP) is 2.61. The molecule has 0 aliphatic carbocycles. The molecule has 6 heteroatoms. The maximum Gasteiger partial charge on any atom is 0.416 e. The van der Waals surface area contributed by atoms with Gasteiger partial charge in [-0.15, -0.1) is 0 Å². The molecule has 18 heavy (non-hydrogen) atoms. The lowest BCUT2D eigenvalue weighted by Crippen LogP contribution is -2.14. The number of aromatic nitrogens is 2. The van der Waals surface area contributed by atoms with Crippen molar-refractivity contribution in [1.82, 2.24) is 14.9 Å². The SMILES string of the molecule is CNCc1ccc(-n2ccnc2)cc1C(F)(F)F. The van der Waals surface area contributed by atoms with Gasteiger partial charge in [0.15, 0.2) is 0 Å². The van der Waals surface area contributed by atoms with E-state index in [1.165, 1.54) is 18.6 Å². The Hall–Kier alpha value is -1.82. The highest BCUT2D eigenvalue weighted by Crippen LogP contribution is 2.33. The van der Waals surface area contributed by atoms with Gasteiger partial charge in [-0.05, 0) is 24.7 Å². The molecular formula is C12H12F3N3. The van der Waals surface area contributed by atoms with Crippen molar-refractivity contribution in [3.05, 3.63) is 48.0 Å². The highest BCUT2D eigenvalue weighted by Gasteiger charge is 2.33. The molecule has 0 radical (unpaired) electrons. The van der Waals surface area contributed by atoms with E-state index in [1.807, 2.05) is 0 Å². The molecule has 0 saturated carbocycles. The van der Waals surface area contributed by atoms with Gasteiger partial charge in [-0.25, -0.2) is 4.98 Å². The van der Waals surface area contributed by atoms with Crippen LogP contribution in [-0.2, 0) is 12.7 Å². The molecule has 0 unspecified atom stereocenters. The third-order valence-corrected chi connectivity index (χ3v) is 2.57. The number of benzene rings is 1. The third kappa shape index (κ3) is 2.53. The Morgan fingerprint density at radius 3 is 2.67 bits per heavy atom. The predicted molar refractivity (Wildman–Crippen MR) is 61.3 cm³/mol. The van der Waals surface area contributed by atoms with Crippen molar-refractivity contribution < 1.29 is 13.2 Å². The van der Waals surface area contributed by atoms with Crippen LogP contribution in [0.1, 0.15) is 11.1 Å². The lowest BCUT2D eigenvalue weighted by atomic mass is 10.1. The van der Waals surface area contributed by atoms with Crippen molar-refractivity contribution >= 4 is 0 Å². The van der Waals surface area contributed by atoms with Crippen LogP contribution >= 0.6 is 0 Å². The van der Waals surface area contributed by atoms with E-state index in [0.29, 0.717) is 5.69 Å². The summed E-state index contributed by atoms with van der Waals surface area (Å²) in [5.74, 6) is 0. The fraction of sp³-hybridized carbons (Fsp3) is 0.250. The summed E-state index contributed by atoms with van der Waals surface area (Å²) in [4.78, 5) is 3.82. The van der Waals surface area contributed by atoms with E-state index in [0.717, 1.165) is 6.07 Å². The minimum Gasteiger partial charge on any atom is -0.316 e. The molecule has 1 N–H and O–H groups in total. The first-order chi connectivity index (χ1) is 8.52. The van der Waals surface area contributed by atoms with Crippen LogP contribution in [0.15, 0.2) is 36.9 Å². The first kappa shape index (κ1) is 12.6. The Bertz CT molecular complexity index is 518. The standard InChI is InChI=1S/C12H12F3N3/c1-16-7-9-2-3-10(18-5-4-17-8-18)6-11(9)12(13,14)15/h2-6,8,16H,7H2,1H3. The topological polar surface area (TPSA) is 29.9 Å². The van der Waals surface area contributed by atoms with Crippen molar-refractivity contribution in [2.24, 2.45) is 0 Å². The highest BCUT2D eigenvalue weighted by atomic mass is 19.4. The molecular weight excluding hydrogens is 243 g/mol. The van der Waals surface area contributed by atoms with Gasteiger partial charge in [-0.1, -0.05) is 6.07 Å². The van der Waals surface area contributed by atoms with Crippen molar-refractivity contribution in [2.45, 2.75) is 12.7 Å². The molecule has 2 aromatic rings. The lowest BCUT2D eigenvalue weighted by molar-refractivity contribution is -0.138. The monoisotopic (exact) mass is 255 g/mol. The van der Waals surface area contributed by atoms with Gasteiger partial charge in [0, 0.05) is 24.6 Å². The molecule has 3 nitrogen and oxygen atoms in total. The number of nitrogens with zero attached hydrogens (tertiary/aromatic N) is 2. The summed E-state index contributed by atoms with van der Waals surface area (Å²) in [7, 11) is 1.62. The second-order valence-corrected chi connectivity index (χ2v) is 3.84. The number of rotatable bonds is 3. The minimum absolute atomic E-state index is 0.180. The van der Waals surface area contributed by atoms with Gasteiger partial charge in [0.25, 0.3) is 0 Å². The van der Waals surface area contributed by atoms with Crippen molar-refractivity contribution in [3.8, 4) is 5.69 Å². The van der Waals surface area contributed by atoms with Crippen LogP contribution in [0.4, 0.5) is 13.2 Å². The third-order valence-electron chi connectivity index (χ3n) is 2.57. The van der Waals surface area contributed by atoms with Gasteiger partial charge in [-0.2, -0.15) is 13.2 Å². The second-order valence-electron chi connectivity index (χ2n) is 3.84. The van der Waals surface area contributed by atoms with Gasteiger partial charge in [0.05, 0.1) is 11.9 Å². The van der Waals surface area contributed by atoms with Crippen LogP contribution in [0.2, 0.25) is 0 Å². The van der Waals surface area contributed by atoms with Crippen LogP contribution in [0.3, 0.4) is 0 Å². The molecule has 2 rings (SSSR count). The van der Waals surface area contributed by atoms with Crippen molar-refractivity contribution in [2.75, 3.05) is 7.05 Å². The zero-order valence-electron chi connectivity index (χ0n) is 9.70. The summed E-state index contributed by atoms with van der Waals surface area (Å²) in [6.45, 7) is 0.180. The molecule has 0 amide bonds. The maximum atomic E-state index is 12.9. The smallest absolute Gasteiger partial charge is 0.316 e. The first-order valence-corrected chi connectivity index (χ1v) is 5.35. The van der Waals surface area contributed by atoms with Gasteiger partial charge in [0.2, 0.25) is 0 Å². The largest absolute Gasteiger partial charge is 0.416 e. The Morgan fingerprint density at radius 1 is 1.33 bits per heavy atom. The lowest BCUT2D eigenvalue weighted by Gasteiger charge is -2.14. The fourth-order valence-electron chi connectivity index (χ4n) is 1.75. The van der Waals surface area contributed by atoms with Gasteiger partial charge < -0.3 is 9.88 Å². The molecule has 1 heterocycles. The summed E-state index contributed by atoms with van der Waals surface area (Å²) >= 11 is 0. The van der Waals surface area contributed by atoms with Crippen molar-refractivity contribution in [1.29, 1.82) is 0 Å². The number of halogens is 3. The summed E-state index contributed by atoms with van der Waals surface area (Å²) in [6, 6.07) is 4.26. The van der Waals surface area contributed by atoms with Crippen LogP contribution in [-0.4, -0.2) is 16.6 Å². The maximum absolute atomic E-state index is 12.9. The number of hydrogen-bond acceptors (Lipinski definition) is 2. The van der Waals surface area contributed by atoms with E-state index in [-0.39, 0.29) is 12.1 Å². The molecule has 0 spiro atoms. The van der Waals surface area contributed by atoms with Crippen LogP contribution in [0.25, 0.3) is 5.69 Å². The van der Waals surface area contributed by atoms with Crippen LogP contribution < -0.4 is 5.32 Å². The Kier molecular flexibility index (Phi) is 3.38. The van der Waals surface area contributed by atoms with Crippen molar-refractivity contribution in [3.63, 3.8) is 0 Å². The Balaban J connectivity index is 2.49. The number of imidazole rings is 1. The first-order valence-electron chi connectivity index (χ1n) is 5.35. The molecule has 0 bridgehead atoms. The zero-order valence-corrected chi connectivity index (χ0v) is 9.70. The van der Waals surface area contributed by atoms with E-state index in [9.17, 15) is 13.2 Å². The van der Waals surface area contributed by atoms with E-state index in [4.69, 9.17) is 0 Å². The molecule has 96 valence electrons. The van der Waals surface area contributed by atoms with Gasteiger partial charge in [0.1, 0.15) is 0 Å². The van der Waals surface area contributed by atoms with E-state index in [1.54, 1.807) is 23.9 Å². The summed E-state index contributed by atoms with van der Waals surface area (Å²) in [5, 5.41) is 2.73. The fourth-order valence-corrected chi connectivity index (χ4v) is 1.75. The summed E-state index contributed by atoms with van der Waals surface area (Å²) in [5.41, 5.74) is 0.0524. The number of hydrogen-bond donors (Lipinski definition) is 1. The average Bonchev–Trinajstić information content (AvgIpc) is 2.82. The molecule has 1 aromatic carbocycles. The molecule has 0 saturated heterocycles.